The van der Waals surface area contributed by atoms with Crippen LogP contribution in [0, 0.1) is 13.8 Å². The van der Waals surface area contributed by atoms with Crippen LogP contribution in [0.4, 0.5) is 0 Å². The maximum Gasteiger partial charge on any atom is 0.310 e. The summed E-state index contributed by atoms with van der Waals surface area (Å²) in [4.78, 5) is 35.2. The summed E-state index contributed by atoms with van der Waals surface area (Å²) < 4.78 is 6.89. The number of hydrogen-bond donors (Lipinski definition) is 0. The van der Waals surface area contributed by atoms with E-state index in [1.54, 1.807) is 9.42 Å². The van der Waals surface area contributed by atoms with Crippen molar-refractivity contribution in [3.8, 4) is 0 Å². The first kappa shape index (κ1) is 19.6. The topological polar surface area (TPSA) is 89.7 Å². The zero-order chi connectivity index (χ0) is 19.6. The summed E-state index contributed by atoms with van der Waals surface area (Å²) in [6.07, 6.45) is 5.09. The molecule has 0 saturated carbocycles. The summed E-state index contributed by atoms with van der Waals surface area (Å²) in [5.74, 6) is -0.0511. The van der Waals surface area contributed by atoms with E-state index in [1.807, 2.05) is 27.0 Å². The molecule has 27 heavy (non-hydrogen) atoms. The number of carbonyl (C=O) groups is 2. The van der Waals surface area contributed by atoms with E-state index in [2.05, 4.69) is 15.1 Å². The van der Waals surface area contributed by atoms with Crippen molar-refractivity contribution in [3.05, 3.63) is 17.0 Å². The van der Waals surface area contributed by atoms with Gasteiger partial charge in [0.25, 0.3) is 11.7 Å². The molecular formula is C18H25N5O3S. The molecule has 2 aromatic rings. The standard InChI is InChI=1S/C18H25N5O3S/c1-11-7-5-6-8-22(11)15(24)10-26-16(25)9-14-12(2)19-17-20-18(27-4)21-23(17)13(14)3/h11H,5-10H2,1-4H3/t11-/m0/s1. The van der Waals surface area contributed by atoms with Gasteiger partial charge in [0.1, 0.15) is 0 Å². The Kier molecular flexibility index (Phi) is 5.98. The Labute approximate surface area is 162 Å². The van der Waals surface area contributed by atoms with Crippen molar-refractivity contribution in [1.29, 1.82) is 0 Å². The number of piperidine rings is 1. The number of aromatic nitrogens is 4. The zero-order valence-electron chi connectivity index (χ0n) is 16.2. The van der Waals surface area contributed by atoms with Crippen LogP contribution in [0.1, 0.15) is 43.1 Å². The van der Waals surface area contributed by atoms with Crippen LogP contribution < -0.4 is 0 Å². The highest BCUT2D eigenvalue weighted by atomic mass is 32.2. The number of amides is 1. The van der Waals surface area contributed by atoms with Crippen molar-refractivity contribution in [2.45, 2.75) is 57.7 Å². The highest BCUT2D eigenvalue weighted by Crippen LogP contribution is 2.18. The van der Waals surface area contributed by atoms with Crippen LogP contribution in [-0.4, -0.2) is 61.8 Å². The van der Waals surface area contributed by atoms with E-state index in [0.29, 0.717) is 16.6 Å². The Bertz CT molecular complexity index is 866. The fraction of sp³-hybridized carbons (Fsp3) is 0.611. The van der Waals surface area contributed by atoms with Gasteiger partial charge in [-0.3, -0.25) is 9.59 Å². The predicted octanol–water partition coefficient (Wildman–Crippen LogP) is 1.95. The van der Waals surface area contributed by atoms with Crippen LogP contribution in [0.15, 0.2) is 5.16 Å². The minimum absolute atomic E-state index is 0.0535. The lowest BCUT2D eigenvalue weighted by atomic mass is 10.0. The summed E-state index contributed by atoms with van der Waals surface area (Å²) in [6.45, 7) is 6.28. The number of aryl methyl sites for hydroxylation is 2. The second-order valence-corrected chi connectivity index (χ2v) is 7.61. The van der Waals surface area contributed by atoms with Gasteiger partial charge in [0, 0.05) is 29.5 Å². The van der Waals surface area contributed by atoms with Gasteiger partial charge in [-0.2, -0.15) is 4.98 Å². The van der Waals surface area contributed by atoms with Crippen molar-refractivity contribution in [2.24, 2.45) is 0 Å². The average Bonchev–Trinajstić information content (AvgIpc) is 3.07. The fourth-order valence-electron chi connectivity index (χ4n) is 3.42. The van der Waals surface area contributed by atoms with E-state index in [-0.39, 0.29) is 25.0 Å². The minimum Gasteiger partial charge on any atom is -0.455 e. The van der Waals surface area contributed by atoms with Crippen LogP contribution in [0.2, 0.25) is 0 Å². The second kappa shape index (κ2) is 8.24. The third-order valence-corrected chi connectivity index (χ3v) is 5.55. The molecule has 0 aromatic carbocycles. The van der Waals surface area contributed by atoms with Crippen LogP contribution in [0.5, 0.6) is 0 Å². The van der Waals surface area contributed by atoms with Gasteiger partial charge < -0.3 is 9.64 Å². The van der Waals surface area contributed by atoms with Gasteiger partial charge in [-0.05, 0) is 46.3 Å². The number of nitrogens with zero attached hydrogens (tertiary/aromatic N) is 5. The van der Waals surface area contributed by atoms with Crippen LogP contribution in [0.3, 0.4) is 0 Å². The molecule has 1 atom stereocenters. The van der Waals surface area contributed by atoms with E-state index in [4.69, 9.17) is 4.74 Å². The maximum absolute atomic E-state index is 12.3. The molecule has 3 heterocycles. The molecule has 1 fully saturated rings. The first-order chi connectivity index (χ1) is 12.9. The summed E-state index contributed by atoms with van der Waals surface area (Å²) in [5, 5.41) is 5.01. The highest BCUT2D eigenvalue weighted by Gasteiger charge is 2.24. The predicted molar refractivity (Wildman–Crippen MR) is 102 cm³/mol. The van der Waals surface area contributed by atoms with Gasteiger partial charge in [0.2, 0.25) is 5.16 Å². The number of ether oxygens (including phenoxy) is 1. The fourth-order valence-corrected chi connectivity index (χ4v) is 3.76. The Balaban J connectivity index is 1.66. The van der Waals surface area contributed by atoms with Gasteiger partial charge in [-0.25, -0.2) is 9.50 Å². The summed E-state index contributed by atoms with van der Waals surface area (Å²) >= 11 is 1.44. The molecule has 3 rings (SSSR count). The van der Waals surface area contributed by atoms with Gasteiger partial charge >= 0.3 is 5.97 Å². The van der Waals surface area contributed by atoms with Gasteiger partial charge in [-0.1, -0.05) is 11.8 Å². The molecule has 0 spiro atoms. The molecule has 9 heteroatoms. The number of carbonyl (C=O) groups excluding carboxylic acids is 2. The molecular weight excluding hydrogens is 366 g/mol. The lowest BCUT2D eigenvalue weighted by Crippen LogP contribution is -2.44. The number of thioether (sulfide) groups is 1. The molecule has 8 nitrogen and oxygen atoms in total. The summed E-state index contributed by atoms with van der Waals surface area (Å²) in [6, 6.07) is 0.207. The van der Waals surface area contributed by atoms with Crippen molar-refractivity contribution < 1.29 is 14.3 Å². The molecule has 1 aliphatic heterocycles. The number of likely N-dealkylation sites (tertiary alicyclic amines) is 1. The van der Waals surface area contributed by atoms with Gasteiger partial charge in [-0.15, -0.1) is 5.10 Å². The van der Waals surface area contributed by atoms with Crippen molar-refractivity contribution in [1.82, 2.24) is 24.5 Å². The molecule has 1 saturated heterocycles. The van der Waals surface area contributed by atoms with Crippen molar-refractivity contribution in [3.63, 3.8) is 0 Å². The third-order valence-electron chi connectivity index (χ3n) is 5.01. The molecule has 0 radical (unpaired) electrons. The first-order valence-corrected chi connectivity index (χ1v) is 10.3. The smallest absolute Gasteiger partial charge is 0.310 e. The number of esters is 1. The highest BCUT2D eigenvalue weighted by molar-refractivity contribution is 7.98. The molecule has 0 aliphatic carbocycles. The van der Waals surface area contributed by atoms with Crippen LogP contribution in [-0.2, 0) is 20.7 Å². The Morgan fingerprint density at radius 2 is 2.04 bits per heavy atom. The molecule has 146 valence electrons. The van der Waals surface area contributed by atoms with Crippen LogP contribution >= 0.6 is 11.8 Å². The Hall–Kier alpha value is -2.16. The summed E-state index contributed by atoms with van der Waals surface area (Å²) in [5.41, 5.74) is 2.27. The normalized spacial score (nSPS) is 17.3. The Morgan fingerprint density at radius 3 is 2.74 bits per heavy atom. The van der Waals surface area contributed by atoms with E-state index < -0.39 is 5.97 Å². The van der Waals surface area contributed by atoms with E-state index >= 15 is 0 Å². The minimum atomic E-state index is -0.439. The second-order valence-electron chi connectivity index (χ2n) is 6.84. The van der Waals surface area contributed by atoms with E-state index in [0.717, 1.165) is 37.1 Å². The van der Waals surface area contributed by atoms with E-state index in [1.165, 1.54) is 11.8 Å². The first-order valence-electron chi connectivity index (χ1n) is 9.12. The molecule has 0 unspecified atom stereocenters. The maximum atomic E-state index is 12.3. The number of hydrogen-bond acceptors (Lipinski definition) is 7. The third kappa shape index (κ3) is 4.23. The number of fused-ring (bicyclic) bond motifs is 1. The Morgan fingerprint density at radius 1 is 1.26 bits per heavy atom. The number of rotatable bonds is 5. The lowest BCUT2D eigenvalue weighted by Gasteiger charge is -2.33. The van der Waals surface area contributed by atoms with Crippen molar-refractivity contribution in [2.75, 3.05) is 19.4 Å². The van der Waals surface area contributed by atoms with Gasteiger partial charge in [0.15, 0.2) is 6.61 Å². The monoisotopic (exact) mass is 391 g/mol. The SMILES string of the molecule is CSc1nc2nc(C)c(CC(=O)OCC(=O)N3CCCC[C@@H]3C)c(C)n2n1. The van der Waals surface area contributed by atoms with E-state index in [9.17, 15) is 9.59 Å². The average molecular weight is 391 g/mol. The lowest BCUT2D eigenvalue weighted by molar-refractivity contribution is -0.153. The molecule has 2 aromatic heterocycles. The molecule has 0 bridgehead atoms. The van der Waals surface area contributed by atoms with Crippen molar-refractivity contribution >= 4 is 29.4 Å². The molecule has 1 aliphatic rings. The largest absolute Gasteiger partial charge is 0.455 e. The van der Waals surface area contributed by atoms with Gasteiger partial charge in [0.05, 0.1) is 6.42 Å². The zero-order valence-corrected chi connectivity index (χ0v) is 17.0. The quantitative estimate of drug-likeness (QED) is 0.568. The molecule has 1 amide bonds. The molecule has 0 N–H and O–H groups in total. The summed E-state index contributed by atoms with van der Waals surface area (Å²) in [7, 11) is 0. The van der Waals surface area contributed by atoms with Crippen LogP contribution in [0.25, 0.3) is 5.78 Å².